The fourth-order valence-electron chi connectivity index (χ4n) is 4.14. The topological polar surface area (TPSA) is 82.1 Å². The molecule has 9 heteroatoms. The highest BCUT2D eigenvalue weighted by atomic mass is 32.2. The van der Waals surface area contributed by atoms with Gasteiger partial charge in [-0.1, -0.05) is 20.8 Å². The van der Waals surface area contributed by atoms with Crippen molar-refractivity contribution in [2.45, 2.75) is 97.2 Å². The van der Waals surface area contributed by atoms with Crippen molar-refractivity contribution >= 4 is 38.6 Å². The highest BCUT2D eigenvalue weighted by Crippen LogP contribution is 2.59. The SMILES string of the molecule is C[SiH](C)OC(C)([C@@H]1C(=O)N2[C@@H]1SC(C)(C)[C@@H]2C(=O)OCOC(=O)C(C)(C)C)C(C)(C)C. The Morgan fingerprint density at radius 1 is 1.06 bits per heavy atom. The van der Waals surface area contributed by atoms with Crippen molar-refractivity contribution < 1.29 is 28.3 Å². The van der Waals surface area contributed by atoms with Gasteiger partial charge in [0.1, 0.15) is 6.04 Å². The maximum absolute atomic E-state index is 13.4. The molecule has 2 heterocycles. The third-order valence-corrected chi connectivity index (χ3v) is 8.76. The lowest BCUT2D eigenvalue weighted by Gasteiger charge is -2.56. The van der Waals surface area contributed by atoms with Crippen LogP contribution in [0, 0.1) is 16.7 Å². The monoisotopic (exact) mass is 473 g/mol. The van der Waals surface area contributed by atoms with E-state index in [2.05, 4.69) is 33.9 Å². The number of thioether (sulfide) groups is 1. The van der Waals surface area contributed by atoms with Crippen molar-refractivity contribution in [2.24, 2.45) is 16.7 Å². The molecular formula is C22H39NO6SSi. The number of hydrogen-bond donors (Lipinski definition) is 0. The van der Waals surface area contributed by atoms with Gasteiger partial charge in [-0.15, -0.1) is 11.8 Å². The molecule has 0 saturated carbocycles. The van der Waals surface area contributed by atoms with E-state index < -0.39 is 49.6 Å². The zero-order chi connectivity index (χ0) is 24.2. The fourth-order valence-corrected chi connectivity index (χ4v) is 7.44. The Morgan fingerprint density at radius 2 is 1.61 bits per heavy atom. The molecule has 0 aromatic carbocycles. The van der Waals surface area contributed by atoms with Gasteiger partial charge >= 0.3 is 11.9 Å². The van der Waals surface area contributed by atoms with Crippen molar-refractivity contribution in [3.8, 4) is 0 Å². The average Bonchev–Trinajstić information content (AvgIpc) is 2.79. The number of ether oxygens (including phenoxy) is 2. The van der Waals surface area contributed by atoms with Crippen LogP contribution in [0.4, 0.5) is 0 Å². The molecule has 2 rings (SSSR count). The summed E-state index contributed by atoms with van der Waals surface area (Å²) in [5, 5.41) is -0.158. The Balaban J connectivity index is 2.19. The summed E-state index contributed by atoms with van der Waals surface area (Å²) in [5.74, 6) is -1.41. The van der Waals surface area contributed by atoms with Crippen molar-refractivity contribution in [1.29, 1.82) is 0 Å². The van der Waals surface area contributed by atoms with E-state index in [1.807, 2.05) is 20.8 Å². The van der Waals surface area contributed by atoms with E-state index in [-0.39, 0.29) is 22.6 Å². The number of esters is 2. The van der Waals surface area contributed by atoms with E-state index in [4.69, 9.17) is 13.9 Å². The maximum Gasteiger partial charge on any atom is 0.333 e. The van der Waals surface area contributed by atoms with Gasteiger partial charge < -0.3 is 18.8 Å². The second-order valence-electron chi connectivity index (χ2n) is 11.5. The van der Waals surface area contributed by atoms with Gasteiger partial charge in [0.05, 0.1) is 22.3 Å². The van der Waals surface area contributed by atoms with Crippen LogP contribution < -0.4 is 0 Å². The van der Waals surface area contributed by atoms with Crippen LogP contribution in [0.25, 0.3) is 0 Å². The molecule has 0 aliphatic carbocycles. The van der Waals surface area contributed by atoms with Gasteiger partial charge in [0.15, 0.2) is 9.04 Å². The Hall–Kier alpha value is -1.06. The molecular weight excluding hydrogens is 434 g/mol. The van der Waals surface area contributed by atoms with E-state index in [1.165, 1.54) is 0 Å². The lowest BCUT2D eigenvalue weighted by Crippen LogP contribution is -2.71. The minimum atomic E-state index is -1.43. The summed E-state index contributed by atoms with van der Waals surface area (Å²) in [6.07, 6.45) is 0. The van der Waals surface area contributed by atoms with Gasteiger partial charge in [0.25, 0.3) is 0 Å². The van der Waals surface area contributed by atoms with E-state index >= 15 is 0 Å². The van der Waals surface area contributed by atoms with E-state index in [9.17, 15) is 14.4 Å². The van der Waals surface area contributed by atoms with Gasteiger partial charge in [-0.2, -0.15) is 0 Å². The normalized spacial score (nSPS) is 27.4. The maximum atomic E-state index is 13.4. The van der Waals surface area contributed by atoms with Crippen LogP contribution in [0.15, 0.2) is 0 Å². The summed E-state index contributed by atoms with van der Waals surface area (Å²) < 4.78 is 16.3. The molecule has 0 N–H and O–H groups in total. The number of amides is 1. The first-order valence-corrected chi connectivity index (χ1v) is 14.5. The second kappa shape index (κ2) is 8.37. The molecule has 31 heavy (non-hydrogen) atoms. The van der Waals surface area contributed by atoms with Gasteiger partial charge in [-0.25, -0.2) is 4.79 Å². The van der Waals surface area contributed by atoms with Crippen LogP contribution >= 0.6 is 11.8 Å². The molecule has 0 bridgehead atoms. The van der Waals surface area contributed by atoms with E-state index in [0.29, 0.717) is 0 Å². The number of carbonyl (C=O) groups excluding carboxylic acids is 3. The molecule has 2 aliphatic rings. The van der Waals surface area contributed by atoms with Crippen LogP contribution in [0.2, 0.25) is 13.1 Å². The van der Waals surface area contributed by atoms with Gasteiger partial charge in [-0.3, -0.25) is 9.59 Å². The lowest BCUT2D eigenvalue weighted by atomic mass is 9.66. The summed E-state index contributed by atoms with van der Waals surface area (Å²) in [4.78, 5) is 39.9. The minimum absolute atomic E-state index is 0.0798. The summed E-state index contributed by atoms with van der Waals surface area (Å²) in [7, 11) is -1.43. The third-order valence-electron chi connectivity index (χ3n) is 6.23. The number of fused-ring (bicyclic) bond motifs is 1. The highest BCUT2D eigenvalue weighted by Gasteiger charge is 2.69. The first kappa shape index (κ1) is 26.2. The summed E-state index contributed by atoms with van der Waals surface area (Å²) >= 11 is 1.61. The Bertz CT molecular complexity index is 741. The summed E-state index contributed by atoms with van der Waals surface area (Å²) in [6, 6.07) is -0.736. The number of rotatable bonds is 6. The van der Waals surface area contributed by atoms with Gasteiger partial charge in [0.2, 0.25) is 12.7 Å². The smallest absolute Gasteiger partial charge is 0.333 e. The molecule has 0 aromatic heterocycles. The van der Waals surface area contributed by atoms with Crippen LogP contribution in [0.5, 0.6) is 0 Å². The Kier molecular flexibility index (Phi) is 7.07. The third kappa shape index (κ3) is 4.83. The quantitative estimate of drug-likeness (QED) is 0.252. The zero-order valence-corrected chi connectivity index (χ0v) is 22.8. The van der Waals surface area contributed by atoms with Crippen molar-refractivity contribution in [3.63, 3.8) is 0 Å². The predicted octanol–water partition coefficient (Wildman–Crippen LogP) is 3.56. The lowest BCUT2D eigenvalue weighted by molar-refractivity contribution is -0.190. The molecule has 1 amide bonds. The van der Waals surface area contributed by atoms with Crippen LogP contribution in [0.3, 0.4) is 0 Å². The van der Waals surface area contributed by atoms with Crippen LogP contribution in [0.1, 0.15) is 62.3 Å². The van der Waals surface area contributed by atoms with Gasteiger partial charge in [-0.05, 0) is 60.1 Å². The molecule has 2 aliphatic heterocycles. The molecule has 7 nitrogen and oxygen atoms in total. The average molecular weight is 474 g/mol. The van der Waals surface area contributed by atoms with Crippen LogP contribution in [-0.4, -0.2) is 60.3 Å². The highest BCUT2D eigenvalue weighted by molar-refractivity contribution is 8.01. The molecule has 4 atom stereocenters. The summed E-state index contributed by atoms with van der Waals surface area (Å²) in [5.41, 5.74) is -1.56. The van der Waals surface area contributed by atoms with E-state index in [1.54, 1.807) is 37.4 Å². The standard InChI is InChI=1S/C22H39NO6SSi/c1-19(2,3)18(26)28-12-27-17(25)14-21(7,8)30-16-13(15(24)23(14)16)22(9,20(4,5)6)29-31(10)11/h13-14,16,31H,12H2,1-11H3/t13-,14+,16-,22?/m1/s1. The number of nitrogens with zero attached hydrogens (tertiary/aromatic N) is 1. The molecule has 178 valence electrons. The number of hydrogen-bond acceptors (Lipinski definition) is 7. The molecule has 2 fully saturated rings. The molecule has 0 aromatic rings. The largest absolute Gasteiger partial charge is 0.427 e. The first-order chi connectivity index (χ1) is 13.8. The Morgan fingerprint density at radius 3 is 2.06 bits per heavy atom. The van der Waals surface area contributed by atoms with E-state index in [0.717, 1.165) is 0 Å². The minimum Gasteiger partial charge on any atom is -0.427 e. The zero-order valence-electron chi connectivity index (χ0n) is 20.8. The molecule has 0 radical (unpaired) electrons. The summed E-state index contributed by atoms with van der Waals surface area (Å²) in [6.45, 7) is 21.2. The van der Waals surface area contributed by atoms with Gasteiger partial charge in [0, 0.05) is 4.75 Å². The molecule has 0 spiro atoms. The molecule has 1 unspecified atom stereocenters. The van der Waals surface area contributed by atoms with Crippen LogP contribution in [-0.2, 0) is 28.3 Å². The number of β-lactam (4-membered cyclic amide) rings is 1. The predicted molar refractivity (Wildman–Crippen MR) is 124 cm³/mol. The van der Waals surface area contributed by atoms with Crippen molar-refractivity contribution in [1.82, 2.24) is 4.90 Å². The first-order valence-electron chi connectivity index (χ1n) is 10.9. The van der Waals surface area contributed by atoms with Crippen molar-refractivity contribution in [2.75, 3.05) is 6.79 Å². The number of carbonyl (C=O) groups is 3. The Labute approximate surface area is 192 Å². The fraction of sp³-hybridized carbons (Fsp3) is 0.864. The van der Waals surface area contributed by atoms with Crippen molar-refractivity contribution in [3.05, 3.63) is 0 Å². The molecule has 2 saturated heterocycles. The second-order valence-corrected chi connectivity index (χ2v) is 15.6.